The van der Waals surface area contributed by atoms with Gasteiger partial charge < -0.3 is 10.8 Å². The number of carboxylic acids is 1. The number of hydrogen-bond acceptors (Lipinski definition) is 2. The van der Waals surface area contributed by atoms with Gasteiger partial charge in [-0.2, -0.15) is 0 Å². The molecular weight excluding hydrogens is 173 g/mol. The SMILES string of the molecule is Cl.NCCCC(CF)C(=O)O. The molecule has 0 aliphatic heterocycles. The highest BCUT2D eigenvalue weighted by molar-refractivity contribution is 5.85. The first kappa shape index (κ1) is 13.3. The van der Waals surface area contributed by atoms with Crippen LogP contribution in [0.15, 0.2) is 0 Å². The van der Waals surface area contributed by atoms with Crippen LogP contribution in [0.25, 0.3) is 0 Å². The summed E-state index contributed by atoms with van der Waals surface area (Å²) in [4.78, 5) is 10.2. The molecule has 0 saturated heterocycles. The second-order valence-electron chi connectivity index (χ2n) is 2.12. The van der Waals surface area contributed by atoms with Crippen LogP contribution in [0.3, 0.4) is 0 Å². The summed E-state index contributed by atoms with van der Waals surface area (Å²) in [6, 6.07) is 0. The summed E-state index contributed by atoms with van der Waals surface area (Å²) in [5, 5.41) is 8.32. The molecule has 0 radical (unpaired) electrons. The number of aliphatic carboxylic acids is 1. The van der Waals surface area contributed by atoms with E-state index in [2.05, 4.69) is 0 Å². The lowest BCUT2D eigenvalue weighted by molar-refractivity contribution is -0.142. The molecule has 0 aromatic rings. The standard InChI is InChI=1S/C6H12FNO2.ClH/c7-4-5(6(9)10)2-1-3-8;/h5H,1-4,8H2,(H,9,10);1H. The van der Waals surface area contributed by atoms with Crippen molar-refractivity contribution in [3.63, 3.8) is 0 Å². The maximum atomic E-state index is 11.8. The molecule has 5 heteroatoms. The van der Waals surface area contributed by atoms with Crippen molar-refractivity contribution in [3.05, 3.63) is 0 Å². The number of rotatable bonds is 5. The average Bonchev–Trinajstić information content (AvgIpc) is 1.89. The third-order valence-corrected chi connectivity index (χ3v) is 1.29. The lowest BCUT2D eigenvalue weighted by Gasteiger charge is -2.04. The molecule has 3 N–H and O–H groups in total. The summed E-state index contributed by atoms with van der Waals surface area (Å²) < 4.78 is 11.8. The van der Waals surface area contributed by atoms with E-state index in [-0.39, 0.29) is 12.4 Å². The zero-order valence-corrected chi connectivity index (χ0v) is 6.94. The fourth-order valence-corrected chi connectivity index (χ4v) is 0.631. The monoisotopic (exact) mass is 185 g/mol. The van der Waals surface area contributed by atoms with Gasteiger partial charge in [-0.05, 0) is 19.4 Å². The largest absolute Gasteiger partial charge is 0.481 e. The lowest BCUT2D eigenvalue weighted by atomic mass is 10.1. The molecule has 1 atom stereocenters. The molecule has 0 bridgehead atoms. The van der Waals surface area contributed by atoms with Gasteiger partial charge in [0.1, 0.15) is 6.67 Å². The summed E-state index contributed by atoms with van der Waals surface area (Å²) in [6.45, 7) is -0.376. The number of carbonyl (C=O) groups is 1. The van der Waals surface area contributed by atoms with Gasteiger partial charge in [0.05, 0.1) is 5.92 Å². The van der Waals surface area contributed by atoms with E-state index in [1.54, 1.807) is 0 Å². The van der Waals surface area contributed by atoms with E-state index in [4.69, 9.17) is 10.8 Å². The van der Waals surface area contributed by atoms with E-state index in [1.165, 1.54) is 0 Å². The van der Waals surface area contributed by atoms with Gasteiger partial charge in [-0.1, -0.05) is 0 Å². The van der Waals surface area contributed by atoms with Crippen molar-refractivity contribution in [1.29, 1.82) is 0 Å². The predicted octanol–water partition coefficient (Wildman–Crippen LogP) is 0.817. The highest BCUT2D eigenvalue weighted by Crippen LogP contribution is 2.05. The summed E-state index contributed by atoms with van der Waals surface area (Å²) in [6.07, 6.45) is 0.906. The molecule has 0 heterocycles. The van der Waals surface area contributed by atoms with Crippen LogP contribution in [-0.4, -0.2) is 24.3 Å². The first-order valence-electron chi connectivity index (χ1n) is 3.21. The third kappa shape index (κ3) is 6.06. The van der Waals surface area contributed by atoms with Crippen LogP contribution < -0.4 is 5.73 Å². The van der Waals surface area contributed by atoms with E-state index in [0.717, 1.165) is 0 Å². The average molecular weight is 186 g/mol. The van der Waals surface area contributed by atoms with Crippen molar-refractivity contribution in [1.82, 2.24) is 0 Å². The Morgan fingerprint density at radius 1 is 1.64 bits per heavy atom. The van der Waals surface area contributed by atoms with Crippen LogP contribution in [0.5, 0.6) is 0 Å². The smallest absolute Gasteiger partial charge is 0.309 e. The van der Waals surface area contributed by atoms with Crippen molar-refractivity contribution in [2.45, 2.75) is 12.8 Å². The number of hydrogen-bond donors (Lipinski definition) is 2. The summed E-state index contributed by atoms with van der Waals surface area (Å²) in [5.41, 5.74) is 5.12. The molecule has 0 fully saturated rings. The Bertz CT molecular complexity index is 113. The van der Waals surface area contributed by atoms with Gasteiger partial charge in [-0.15, -0.1) is 12.4 Å². The van der Waals surface area contributed by atoms with Gasteiger partial charge in [0.15, 0.2) is 0 Å². The zero-order chi connectivity index (χ0) is 7.98. The Morgan fingerprint density at radius 3 is 2.45 bits per heavy atom. The third-order valence-electron chi connectivity index (χ3n) is 1.29. The van der Waals surface area contributed by atoms with Gasteiger partial charge in [-0.25, -0.2) is 0 Å². The highest BCUT2D eigenvalue weighted by atomic mass is 35.5. The van der Waals surface area contributed by atoms with Crippen molar-refractivity contribution in [2.24, 2.45) is 11.7 Å². The molecule has 0 spiro atoms. The van der Waals surface area contributed by atoms with E-state index < -0.39 is 18.6 Å². The quantitative estimate of drug-likeness (QED) is 0.667. The number of nitrogens with two attached hydrogens (primary N) is 1. The predicted molar refractivity (Wildman–Crippen MR) is 42.6 cm³/mol. The summed E-state index contributed by atoms with van der Waals surface area (Å²) >= 11 is 0. The van der Waals surface area contributed by atoms with Gasteiger partial charge >= 0.3 is 5.97 Å². The molecule has 0 aliphatic carbocycles. The van der Waals surface area contributed by atoms with Gasteiger partial charge in [0.25, 0.3) is 0 Å². The second-order valence-corrected chi connectivity index (χ2v) is 2.12. The van der Waals surface area contributed by atoms with Crippen LogP contribution in [-0.2, 0) is 4.79 Å². The van der Waals surface area contributed by atoms with E-state index >= 15 is 0 Å². The van der Waals surface area contributed by atoms with E-state index in [0.29, 0.717) is 19.4 Å². The van der Waals surface area contributed by atoms with Crippen LogP contribution in [0.2, 0.25) is 0 Å². The van der Waals surface area contributed by atoms with Crippen LogP contribution in [0, 0.1) is 5.92 Å². The molecule has 1 unspecified atom stereocenters. The minimum atomic E-state index is -1.07. The molecule has 0 amide bonds. The fraction of sp³-hybridized carbons (Fsp3) is 0.833. The van der Waals surface area contributed by atoms with Gasteiger partial charge in [0.2, 0.25) is 0 Å². The van der Waals surface area contributed by atoms with Crippen molar-refractivity contribution in [2.75, 3.05) is 13.2 Å². The molecule has 0 saturated carbocycles. The van der Waals surface area contributed by atoms with Gasteiger partial charge in [-0.3, -0.25) is 9.18 Å². The molecule has 0 rings (SSSR count). The maximum absolute atomic E-state index is 11.8. The zero-order valence-electron chi connectivity index (χ0n) is 6.12. The topological polar surface area (TPSA) is 63.3 Å². The van der Waals surface area contributed by atoms with Crippen LogP contribution >= 0.6 is 12.4 Å². The Hall–Kier alpha value is -0.350. The normalized spacial score (nSPS) is 11.8. The van der Waals surface area contributed by atoms with Gasteiger partial charge in [0, 0.05) is 0 Å². The Labute approximate surface area is 71.2 Å². The van der Waals surface area contributed by atoms with Crippen LogP contribution in [0.1, 0.15) is 12.8 Å². The molecule has 68 valence electrons. The molecule has 11 heavy (non-hydrogen) atoms. The van der Waals surface area contributed by atoms with Crippen molar-refractivity contribution >= 4 is 18.4 Å². The minimum absolute atomic E-state index is 0. The van der Waals surface area contributed by atoms with Crippen molar-refractivity contribution < 1.29 is 14.3 Å². The van der Waals surface area contributed by atoms with Crippen molar-refractivity contribution in [3.8, 4) is 0 Å². The molecule has 0 aliphatic rings. The lowest BCUT2D eigenvalue weighted by Crippen LogP contribution is -2.16. The highest BCUT2D eigenvalue weighted by Gasteiger charge is 2.15. The molecule has 3 nitrogen and oxygen atoms in total. The van der Waals surface area contributed by atoms with E-state index in [1.807, 2.05) is 0 Å². The molecule has 0 aromatic heterocycles. The molecule has 0 aromatic carbocycles. The molecular formula is C6H13ClFNO2. The number of alkyl halides is 1. The Morgan fingerprint density at radius 2 is 2.18 bits per heavy atom. The second kappa shape index (κ2) is 7.75. The Balaban J connectivity index is 0. The Kier molecular flexibility index (Phi) is 9.34. The number of carboxylic acid groups (broad SMARTS) is 1. The van der Waals surface area contributed by atoms with Crippen LogP contribution in [0.4, 0.5) is 4.39 Å². The maximum Gasteiger partial charge on any atom is 0.309 e. The number of halogens is 2. The minimum Gasteiger partial charge on any atom is -0.481 e. The summed E-state index contributed by atoms with van der Waals surface area (Å²) in [7, 11) is 0. The first-order valence-corrected chi connectivity index (χ1v) is 3.21. The van der Waals surface area contributed by atoms with E-state index in [9.17, 15) is 9.18 Å². The summed E-state index contributed by atoms with van der Waals surface area (Å²) in [5.74, 6) is -1.93. The first-order chi connectivity index (χ1) is 4.72. The fourth-order valence-electron chi connectivity index (χ4n) is 0.631.